The second-order valence-electron chi connectivity index (χ2n) is 7.22. The van der Waals surface area contributed by atoms with E-state index in [1.165, 1.54) is 33.6 Å². The van der Waals surface area contributed by atoms with Gasteiger partial charge < -0.3 is 4.90 Å². The Labute approximate surface area is 157 Å². The maximum absolute atomic E-state index is 8.86. The van der Waals surface area contributed by atoms with Gasteiger partial charge in [0.05, 0.1) is 11.8 Å². The Balaban J connectivity index is 1.62. The van der Waals surface area contributed by atoms with Crippen LogP contribution in [0.4, 0.5) is 5.69 Å². The van der Waals surface area contributed by atoms with Crippen LogP contribution in [0.1, 0.15) is 29.5 Å². The summed E-state index contributed by atoms with van der Waals surface area (Å²) in [5.74, 6) is 1.10. The second kappa shape index (κ2) is 5.24. The summed E-state index contributed by atoms with van der Waals surface area (Å²) in [4.78, 5) is 2.54. The number of anilines is 1. The highest BCUT2D eigenvalue weighted by molar-refractivity contribution is 8.02. The fourth-order valence-electron chi connectivity index (χ4n) is 4.79. The molecule has 0 amide bonds. The van der Waals surface area contributed by atoms with Gasteiger partial charge in [0.1, 0.15) is 0 Å². The predicted molar refractivity (Wildman–Crippen MR) is 111 cm³/mol. The van der Waals surface area contributed by atoms with Crippen LogP contribution in [0.15, 0.2) is 65.7 Å². The van der Waals surface area contributed by atoms with Crippen molar-refractivity contribution in [1.29, 1.82) is 5.41 Å². The van der Waals surface area contributed by atoms with Gasteiger partial charge in [0.25, 0.3) is 0 Å². The molecule has 26 heavy (non-hydrogen) atoms. The van der Waals surface area contributed by atoms with Crippen LogP contribution >= 0.6 is 11.8 Å². The Bertz CT molecular complexity index is 1070. The third-order valence-electron chi connectivity index (χ3n) is 5.90. The highest BCUT2D eigenvalue weighted by Gasteiger charge is 2.42. The van der Waals surface area contributed by atoms with Crippen molar-refractivity contribution in [1.82, 2.24) is 0 Å². The first-order chi connectivity index (χ1) is 12.8. The van der Waals surface area contributed by atoms with Gasteiger partial charge in [-0.15, -0.1) is 11.8 Å². The van der Waals surface area contributed by atoms with Crippen molar-refractivity contribution >= 4 is 28.7 Å². The molecule has 2 aromatic carbocycles. The van der Waals surface area contributed by atoms with Gasteiger partial charge in [0, 0.05) is 33.8 Å². The smallest absolute Gasteiger partial charge is 0.0703 e. The van der Waals surface area contributed by atoms with Gasteiger partial charge in [-0.2, -0.15) is 0 Å². The first-order valence-electron chi connectivity index (χ1n) is 9.17. The quantitative estimate of drug-likeness (QED) is 0.616. The Morgan fingerprint density at radius 3 is 2.73 bits per heavy atom. The largest absolute Gasteiger partial charge is 0.336 e. The summed E-state index contributed by atoms with van der Waals surface area (Å²) in [6.45, 7) is 0. The average molecular weight is 354 g/mol. The number of allylic oxidation sites excluding steroid dienone is 4. The van der Waals surface area contributed by atoms with E-state index >= 15 is 0 Å². The molecule has 2 aliphatic carbocycles. The summed E-state index contributed by atoms with van der Waals surface area (Å²) in [6, 6.07) is 13.3. The Morgan fingerprint density at radius 1 is 1.00 bits per heavy atom. The molecule has 0 fully saturated rings. The number of nitrogens with zero attached hydrogens (tertiary/aromatic N) is 1. The van der Waals surface area contributed by atoms with Gasteiger partial charge in [0.2, 0.25) is 0 Å². The normalized spacial score (nSPS) is 21.9. The van der Waals surface area contributed by atoms with E-state index in [-0.39, 0.29) is 0 Å². The van der Waals surface area contributed by atoms with Crippen LogP contribution in [0.3, 0.4) is 0 Å². The molecule has 6 rings (SSSR count). The van der Waals surface area contributed by atoms with Crippen LogP contribution in [0.2, 0.25) is 0 Å². The number of nitrogens with one attached hydrogen (secondary N) is 1. The molecule has 2 nitrogen and oxygen atoms in total. The summed E-state index contributed by atoms with van der Waals surface area (Å²) in [5, 5.41) is 11.2. The minimum atomic E-state index is 0.413. The van der Waals surface area contributed by atoms with Gasteiger partial charge in [-0.3, -0.25) is 5.41 Å². The van der Waals surface area contributed by atoms with E-state index in [4.69, 9.17) is 5.41 Å². The minimum Gasteiger partial charge on any atom is -0.336 e. The van der Waals surface area contributed by atoms with E-state index in [0.29, 0.717) is 11.8 Å². The van der Waals surface area contributed by atoms with E-state index in [0.717, 1.165) is 29.7 Å². The Kier molecular flexibility index (Phi) is 2.95. The maximum atomic E-state index is 8.86. The summed E-state index contributed by atoms with van der Waals surface area (Å²) in [6.07, 6.45) is 8.91. The van der Waals surface area contributed by atoms with Crippen molar-refractivity contribution in [2.45, 2.75) is 18.9 Å². The zero-order chi connectivity index (χ0) is 17.3. The van der Waals surface area contributed by atoms with E-state index in [1.807, 2.05) is 17.8 Å². The molecule has 0 radical (unpaired) electrons. The standard InChI is InChI=1S/C23H18N2S/c24-23-17-9-5-4-8-15(17)16-10-11-19-21(22(16)23)18-12-26-13-20(18)25(19)14-6-2-1-3-7-14/h1-2,4-6,8-12,20,24H,3,7,13H2. The lowest BCUT2D eigenvalue weighted by Gasteiger charge is -2.29. The molecule has 1 unspecified atom stereocenters. The first kappa shape index (κ1) is 14.6. The fraction of sp³-hybridized carbons (Fsp3) is 0.174. The van der Waals surface area contributed by atoms with E-state index in [2.05, 4.69) is 58.9 Å². The molecule has 0 aromatic heterocycles. The van der Waals surface area contributed by atoms with Gasteiger partial charge in [-0.25, -0.2) is 0 Å². The van der Waals surface area contributed by atoms with Gasteiger partial charge in [-0.1, -0.05) is 42.5 Å². The average Bonchev–Trinajstić information content (AvgIpc) is 3.35. The van der Waals surface area contributed by atoms with E-state index in [9.17, 15) is 0 Å². The molecule has 1 N–H and O–H groups in total. The zero-order valence-corrected chi connectivity index (χ0v) is 15.1. The number of benzene rings is 2. The van der Waals surface area contributed by atoms with Crippen molar-refractivity contribution in [2.75, 3.05) is 10.7 Å². The molecular weight excluding hydrogens is 336 g/mol. The topological polar surface area (TPSA) is 27.1 Å². The van der Waals surface area contributed by atoms with Crippen molar-refractivity contribution in [3.63, 3.8) is 0 Å². The highest BCUT2D eigenvalue weighted by Crippen LogP contribution is 2.53. The predicted octanol–water partition coefficient (Wildman–Crippen LogP) is 5.59. The van der Waals surface area contributed by atoms with E-state index in [1.54, 1.807) is 0 Å². The van der Waals surface area contributed by atoms with Crippen LogP contribution in [0, 0.1) is 5.41 Å². The van der Waals surface area contributed by atoms with Crippen molar-refractivity contribution < 1.29 is 0 Å². The Morgan fingerprint density at radius 2 is 1.88 bits per heavy atom. The molecule has 1 atom stereocenters. The molecule has 0 saturated heterocycles. The number of fused-ring (bicyclic) bond motifs is 7. The minimum absolute atomic E-state index is 0.413. The zero-order valence-electron chi connectivity index (χ0n) is 14.3. The molecule has 0 saturated carbocycles. The van der Waals surface area contributed by atoms with Gasteiger partial charge in [-0.05, 0) is 47.1 Å². The summed E-state index contributed by atoms with van der Waals surface area (Å²) in [7, 11) is 0. The number of hydrogen-bond acceptors (Lipinski definition) is 3. The van der Waals surface area contributed by atoms with Crippen LogP contribution in [-0.2, 0) is 0 Å². The van der Waals surface area contributed by atoms with Crippen molar-refractivity contribution in [3.8, 4) is 11.1 Å². The molecule has 4 aliphatic rings. The van der Waals surface area contributed by atoms with Crippen LogP contribution in [0.5, 0.6) is 0 Å². The van der Waals surface area contributed by atoms with E-state index < -0.39 is 0 Å². The van der Waals surface area contributed by atoms with Crippen LogP contribution < -0.4 is 4.90 Å². The lowest BCUT2D eigenvalue weighted by Crippen LogP contribution is -2.31. The molecule has 0 bridgehead atoms. The molecular formula is C23H18N2S. The van der Waals surface area contributed by atoms with Crippen LogP contribution in [0.25, 0.3) is 16.7 Å². The van der Waals surface area contributed by atoms with Crippen LogP contribution in [-0.4, -0.2) is 17.5 Å². The third-order valence-corrected chi connectivity index (χ3v) is 6.83. The fourth-order valence-corrected chi connectivity index (χ4v) is 5.85. The number of rotatable bonds is 1. The lowest BCUT2D eigenvalue weighted by atomic mass is 9.94. The summed E-state index contributed by atoms with van der Waals surface area (Å²) in [5.41, 5.74) is 10.7. The van der Waals surface area contributed by atoms with Crippen molar-refractivity contribution in [2.24, 2.45) is 0 Å². The van der Waals surface area contributed by atoms with Crippen molar-refractivity contribution in [3.05, 3.63) is 82.4 Å². The summed E-state index contributed by atoms with van der Waals surface area (Å²) >= 11 is 1.91. The second-order valence-corrected chi connectivity index (χ2v) is 8.12. The SMILES string of the molecule is N=C1c2ccccc2-c2ccc3c(c21)C1=CSCC1N3C1=CC=CCC1. The first-order valence-corrected chi connectivity index (χ1v) is 10.2. The highest BCUT2D eigenvalue weighted by atomic mass is 32.2. The monoisotopic (exact) mass is 354 g/mol. The number of hydrogen-bond donors (Lipinski definition) is 1. The van der Waals surface area contributed by atoms with Gasteiger partial charge >= 0.3 is 0 Å². The molecule has 126 valence electrons. The number of thioether (sulfide) groups is 1. The third kappa shape index (κ3) is 1.76. The maximum Gasteiger partial charge on any atom is 0.0703 e. The molecule has 0 spiro atoms. The molecule has 2 heterocycles. The lowest BCUT2D eigenvalue weighted by molar-refractivity contribution is 0.810. The molecule has 2 aromatic rings. The van der Waals surface area contributed by atoms with Gasteiger partial charge in [0.15, 0.2) is 0 Å². The summed E-state index contributed by atoms with van der Waals surface area (Å²) < 4.78 is 0. The Hall–Kier alpha value is -2.52. The molecule has 3 heteroatoms. The molecule has 2 aliphatic heterocycles.